The van der Waals surface area contributed by atoms with Crippen LogP contribution in [0, 0.1) is 13.8 Å². The van der Waals surface area contributed by atoms with Crippen LogP contribution in [0.15, 0.2) is 18.2 Å². The molecule has 1 aliphatic heterocycles. The molecule has 0 saturated carbocycles. The number of fused-ring (bicyclic) bond motifs is 1. The van der Waals surface area contributed by atoms with E-state index in [-0.39, 0.29) is 0 Å². The molecule has 20 heavy (non-hydrogen) atoms. The van der Waals surface area contributed by atoms with Crippen molar-refractivity contribution in [2.45, 2.75) is 26.9 Å². The van der Waals surface area contributed by atoms with Gasteiger partial charge in [-0.3, -0.25) is 0 Å². The Kier molecular flexibility index (Phi) is 3.40. The Morgan fingerprint density at radius 3 is 2.80 bits per heavy atom. The van der Waals surface area contributed by atoms with Crippen molar-refractivity contribution in [3.05, 3.63) is 40.6 Å². The van der Waals surface area contributed by atoms with Crippen molar-refractivity contribution in [3.8, 4) is 11.4 Å². The molecule has 0 amide bonds. The van der Waals surface area contributed by atoms with E-state index >= 15 is 0 Å². The third-order valence-electron chi connectivity index (χ3n) is 3.68. The molecule has 3 rings (SSSR count). The van der Waals surface area contributed by atoms with Gasteiger partial charge in [0.25, 0.3) is 0 Å². The number of benzene rings is 1. The smallest absolute Gasteiger partial charge is 0.162 e. The molecular weight excluding hydrogens is 250 g/mol. The van der Waals surface area contributed by atoms with Crippen molar-refractivity contribution in [2.24, 2.45) is 0 Å². The highest BCUT2D eigenvalue weighted by atomic mass is 16.5. The van der Waals surface area contributed by atoms with E-state index in [1.54, 1.807) is 0 Å². The number of ether oxygens (including phenoxy) is 1. The number of aryl methyl sites for hydroxylation is 2. The summed E-state index contributed by atoms with van der Waals surface area (Å²) in [5.41, 5.74) is 5.75. The van der Waals surface area contributed by atoms with Crippen LogP contribution in [0.1, 0.15) is 22.4 Å². The maximum atomic E-state index is 5.50. The van der Waals surface area contributed by atoms with Gasteiger partial charge in [0.05, 0.1) is 18.9 Å². The lowest BCUT2D eigenvalue weighted by molar-refractivity contribution is 0.109. The number of nitrogens with one attached hydrogen (secondary N) is 1. The van der Waals surface area contributed by atoms with Gasteiger partial charge < -0.3 is 10.1 Å². The fourth-order valence-corrected chi connectivity index (χ4v) is 2.62. The highest BCUT2D eigenvalue weighted by Gasteiger charge is 2.18. The molecule has 0 aliphatic carbocycles. The van der Waals surface area contributed by atoms with Gasteiger partial charge in [-0.2, -0.15) is 0 Å². The second-order valence-electron chi connectivity index (χ2n) is 5.19. The van der Waals surface area contributed by atoms with E-state index in [2.05, 4.69) is 42.3 Å². The zero-order chi connectivity index (χ0) is 14.1. The van der Waals surface area contributed by atoms with Gasteiger partial charge in [0.15, 0.2) is 5.82 Å². The molecule has 0 unspecified atom stereocenters. The van der Waals surface area contributed by atoms with Gasteiger partial charge in [0, 0.05) is 24.6 Å². The lowest BCUT2D eigenvalue weighted by Gasteiger charge is -2.19. The molecule has 1 aromatic carbocycles. The second-order valence-corrected chi connectivity index (χ2v) is 5.19. The van der Waals surface area contributed by atoms with Crippen molar-refractivity contribution in [1.82, 2.24) is 9.97 Å². The highest BCUT2D eigenvalue weighted by molar-refractivity contribution is 5.64. The van der Waals surface area contributed by atoms with Gasteiger partial charge in [-0.25, -0.2) is 9.97 Å². The van der Waals surface area contributed by atoms with Gasteiger partial charge in [0.2, 0.25) is 0 Å². The third-order valence-corrected chi connectivity index (χ3v) is 3.68. The maximum absolute atomic E-state index is 5.50. The molecule has 1 aromatic heterocycles. The van der Waals surface area contributed by atoms with Gasteiger partial charge in [-0.05, 0) is 19.4 Å². The van der Waals surface area contributed by atoms with Crippen LogP contribution in [0.5, 0.6) is 0 Å². The molecule has 4 heteroatoms. The highest BCUT2D eigenvalue weighted by Crippen LogP contribution is 2.27. The van der Waals surface area contributed by atoms with Crippen LogP contribution >= 0.6 is 0 Å². The van der Waals surface area contributed by atoms with Crippen molar-refractivity contribution >= 4 is 5.82 Å². The Hall–Kier alpha value is -1.94. The summed E-state index contributed by atoms with van der Waals surface area (Å²) < 4.78 is 5.50. The molecule has 4 nitrogen and oxygen atoms in total. The molecule has 0 atom stereocenters. The monoisotopic (exact) mass is 269 g/mol. The molecule has 0 bridgehead atoms. The van der Waals surface area contributed by atoms with Crippen LogP contribution in [0.2, 0.25) is 0 Å². The summed E-state index contributed by atoms with van der Waals surface area (Å²) in [6, 6.07) is 6.37. The Balaban J connectivity index is 2.14. The summed E-state index contributed by atoms with van der Waals surface area (Å²) in [5, 5.41) is 3.16. The molecule has 0 spiro atoms. The van der Waals surface area contributed by atoms with Crippen molar-refractivity contribution in [3.63, 3.8) is 0 Å². The van der Waals surface area contributed by atoms with Gasteiger partial charge in [-0.1, -0.05) is 23.8 Å². The molecule has 2 aromatic rings. The summed E-state index contributed by atoms with van der Waals surface area (Å²) in [4.78, 5) is 9.41. The van der Waals surface area contributed by atoms with Gasteiger partial charge in [0.1, 0.15) is 5.82 Å². The second kappa shape index (κ2) is 5.21. The third kappa shape index (κ3) is 2.27. The number of rotatable bonds is 2. The van der Waals surface area contributed by atoms with E-state index in [1.807, 2.05) is 7.05 Å². The summed E-state index contributed by atoms with van der Waals surface area (Å²) in [6.07, 6.45) is 0.852. The van der Waals surface area contributed by atoms with E-state index in [0.717, 1.165) is 41.5 Å². The topological polar surface area (TPSA) is 47.0 Å². The van der Waals surface area contributed by atoms with Crippen LogP contribution in [-0.4, -0.2) is 23.6 Å². The van der Waals surface area contributed by atoms with Crippen molar-refractivity contribution < 1.29 is 4.74 Å². The minimum absolute atomic E-state index is 0.596. The summed E-state index contributed by atoms with van der Waals surface area (Å²) >= 11 is 0. The van der Waals surface area contributed by atoms with Crippen LogP contribution in [-0.2, 0) is 17.8 Å². The molecule has 0 saturated heterocycles. The van der Waals surface area contributed by atoms with E-state index < -0.39 is 0 Å². The quantitative estimate of drug-likeness (QED) is 0.910. The summed E-state index contributed by atoms with van der Waals surface area (Å²) in [7, 11) is 1.89. The van der Waals surface area contributed by atoms with E-state index in [4.69, 9.17) is 9.72 Å². The van der Waals surface area contributed by atoms with Crippen LogP contribution in [0.3, 0.4) is 0 Å². The number of aromatic nitrogens is 2. The minimum Gasteiger partial charge on any atom is -0.376 e. The Bertz CT molecular complexity index is 635. The largest absolute Gasteiger partial charge is 0.376 e. The van der Waals surface area contributed by atoms with Crippen LogP contribution in [0.25, 0.3) is 11.4 Å². The average molecular weight is 269 g/mol. The van der Waals surface area contributed by atoms with Crippen molar-refractivity contribution in [2.75, 3.05) is 19.0 Å². The summed E-state index contributed by atoms with van der Waals surface area (Å²) in [6.45, 7) is 5.53. The molecule has 0 radical (unpaired) electrons. The van der Waals surface area contributed by atoms with Crippen molar-refractivity contribution in [1.29, 1.82) is 0 Å². The molecule has 2 heterocycles. The van der Waals surface area contributed by atoms with Crippen LogP contribution in [0.4, 0.5) is 5.82 Å². The Labute approximate surface area is 119 Å². The fourth-order valence-electron chi connectivity index (χ4n) is 2.62. The molecule has 0 fully saturated rings. The Morgan fingerprint density at radius 2 is 2.05 bits per heavy atom. The first kappa shape index (κ1) is 13.1. The molecule has 104 valence electrons. The number of nitrogens with zero attached hydrogens (tertiary/aromatic N) is 2. The Morgan fingerprint density at radius 1 is 1.20 bits per heavy atom. The fraction of sp³-hybridized carbons (Fsp3) is 0.375. The number of anilines is 1. The van der Waals surface area contributed by atoms with E-state index in [1.165, 1.54) is 11.1 Å². The van der Waals surface area contributed by atoms with Gasteiger partial charge >= 0.3 is 0 Å². The predicted molar refractivity (Wildman–Crippen MR) is 79.8 cm³/mol. The molecule has 1 aliphatic rings. The van der Waals surface area contributed by atoms with E-state index in [0.29, 0.717) is 6.61 Å². The van der Waals surface area contributed by atoms with E-state index in [9.17, 15) is 0 Å². The zero-order valence-corrected chi connectivity index (χ0v) is 12.2. The number of hydrogen-bond donors (Lipinski definition) is 1. The summed E-state index contributed by atoms with van der Waals surface area (Å²) in [5.74, 6) is 1.68. The lowest BCUT2D eigenvalue weighted by atomic mass is 10.0. The average Bonchev–Trinajstić information content (AvgIpc) is 2.46. The number of hydrogen-bond acceptors (Lipinski definition) is 4. The SMILES string of the molecule is CNc1nc(-c2ccc(C)cc2C)nc2c1COCC2. The first-order valence-electron chi connectivity index (χ1n) is 6.92. The maximum Gasteiger partial charge on any atom is 0.162 e. The normalized spacial score (nSPS) is 13.9. The molecular formula is C16H19N3O. The van der Waals surface area contributed by atoms with Gasteiger partial charge in [-0.15, -0.1) is 0 Å². The zero-order valence-electron chi connectivity index (χ0n) is 12.2. The van der Waals surface area contributed by atoms with Crippen LogP contribution < -0.4 is 5.32 Å². The predicted octanol–water partition coefficient (Wildman–Crippen LogP) is 2.87. The minimum atomic E-state index is 0.596. The first-order chi connectivity index (χ1) is 9.69. The molecule has 1 N–H and O–H groups in total. The first-order valence-corrected chi connectivity index (χ1v) is 6.92. The standard InChI is InChI=1S/C16H19N3O/c1-10-4-5-12(11(2)8-10)16-18-14-6-7-20-9-13(14)15(17-3)19-16/h4-5,8H,6-7,9H2,1-3H3,(H,17,18,19). The lowest BCUT2D eigenvalue weighted by Crippen LogP contribution is -2.16.